The first kappa shape index (κ1) is 11.2. The topological polar surface area (TPSA) is 53.3 Å². The molecular formula is C11H16N4S. The summed E-state index contributed by atoms with van der Waals surface area (Å²) in [5, 5.41) is 6.66. The number of anilines is 2. The van der Waals surface area contributed by atoms with Crippen LogP contribution in [0, 0.1) is 0 Å². The van der Waals surface area contributed by atoms with Gasteiger partial charge in [0.1, 0.15) is 0 Å². The minimum absolute atomic E-state index is 0.308. The van der Waals surface area contributed by atoms with Crippen molar-refractivity contribution in [2.45, 2.75) is 0 Å². The van der Waals surface area contributed by atoms with Crippen LogP contribution in [-0.2, 0) is 0 Å². The molecule has 1 fully saturated rings. The first-order valence-electron chi connectivity index (χ1n) is 5.38. The van der Waals surface area contributed by atoms with Crippen LogP contribution < -0.4 is 21.3 Å². The molecule has 0 aliphatic carbocycles. The molecule has 1 aliphatic rings. The van der Waals surface area contributed by atoms with E-state index in [2.05, 4.69) is 21.6 Å². The number of hydrogen-bond acceptors (Lipinski definition) is 3. The van der Waals surface area contributed by atoms with Gasteiger partial charge in [-0.15, -0.1) is 0 Å². The van der Waals surface area contributed by atoms with Gasteiger partial charge in [-0.25, -0.2) is 0 Å². The van der Waals surface area contributed by atoms with Crippen molar-refractivity contribution in [1.29, 1.82) is 0 Å². The zero-order valence-corrected chi connectivity index (χ0v) is 9.89. The van der Waals surface area contributed by atoms with Crippen molar-refractivity contribution in [3.63, 3.8) is 0 Å². The summed E-state index contributed by atoms with van der Waals surface area (Å²) < 4.78 is 0. The SMILES string of the molecule is NC(=S)Nc1ccccc1N1CCNCC1. The summed E-state index contributed by atoms with van der Waals surface area (Å²) in [6.07, 6.45) is 0. The molecule has 0 unspecified atom stereocenters. The Morgan fingerprint density at radius 2 is 2.00 bits per heavy atom. The van der Waals surface area contributed by atoms with Crippen LogP contribution in [0.4, 0.5) is 11.4 Å². The normalized spacial score (nSPS) is 15.9. The van der Waals surface area contributed by atoms with E-state index in [9.17, 15) is 0 Å². The highest BCUT2D eigenvalue weighted by Gasteiger charge is 2.13. The van der Waals surface area contributed by atoms with Crippen molar-refractivity contribution in [3.8, 4) is 0 Å². The molecule has 2 rings (SSSR count). The molecular weight excluding hydrogens is 220 g/mol. The molecule has 1 aromatic rings. The van der Waals surface area contributed by atoms with Crippen LogP contribution in [0.3, 0.4) is 0 Å². The molecule has 0 saturated carbocycles. The van der Waals surface area contributed by atoms with Gasteiger partial charge in [0.15, 0.2) is 5.11 Å². The number of rotatable bonds is 2. The Morgan fingerprint density at radius 1 is 1.31 bits per heavy atom. The van der Waals surface area contributed by atoms with Crippen LogP contribution in [-0.4, -0.2) is 31.3 Å². The highest BCUT2D eigenvalue weighted by Crippen LogP contribution is 2.25. The van der Waals surface area contributed by atoms with Gasteiger partial charge >= 0.3 is 0 Å². The Kier molecular flexibility index (Phi) is 3.58. The zero-order chi connectivity index (χ0) is 11.4. The number of thiocarbonyl (C=S) groups is 1. The average molecular weight is 236 g/mol. The molecule has 16 heavy (non-hydrogen) atoms. The van der Waals surface area contributed by atoms with Crippen molar-refractivity contribution >= 4 is 28.7 Å². The van der Waals surface area contributed by atoms with Gasteiger partial charge in [0.05, 0.1) is 11.4 Å². The molecule has 0 spiro atoms. The lowest BCUT2D eigenvalue weighted by atomic mass is 10.2. The monoisotopic (exact) mass is 236 g/mol. The Hall–Kier alpha value is -1.33. The molecule has 4 nitrogen and oxygen atoms in total. The quantitative estimate of drug-likeness (QED) is 0.662. The standard InChI is InChI=1S/C11H16N4S/c12-11(16)14-9-3-1-2-4-10(9)15-7-5-13-6-8-15/h1-4,13H,5-8H2,(H3,12,14,16). The van der Waals surface area contributed by atoms with Gasteiger partial charge in [0.25, 0.3) is 0 Å². The Balaban J connectivity index is 2.20. The van der Waals surface area contributed by atoms with Gasteiger partial charge in [-0.05, 0) is 24.4 Å². The van der Waals surface area contributed by atoms with Crippen LogP contribution in [0.1, 0.15) is 0 Å². The van der Waals surface area contributed by atoms with E-state index in [0.29, 0.717) is 5.11 Å². The fourth-order valence-corrected chi connectivity index (χ4v) is 2.00. The number of nitrogens with one attached hydrogen (secondary N) is 2. The van der Waals surface area contributed by atoms with E-state index in [1.54, 1.807) is 0 Å². The average Bonchev–Trinajstić information content (AvgIpc) is 2.30. The van der Waals surface area contributed by atoms with Gasteiger partial charge in [-0.1, -0.05) is 12.1 Å². The van der Waals surface area contributed by atoms with Crippen LogP contribution in [0.15, 0.2) is 24.3 Å². The summed E-state index contributed by atoms with van der Waals surface area (Å²) in [6.45, 7) is 4.05. The summed E-state index contributed by atoms with van der Waals surface area (Å²) in [6, 6.07) is 8.09. The lowest BCUT2D eigenvalue weighted by molar-refractivity contribution is 0.589. The Labute approximate surface area is 101 Å². The molecule has 5 heteroatoms. The maximum absolute atomic E-state index is 5.51. The van der Waals surface area contributed by atoms with Crippen LogP contribution in [0.5, 0.6) is 0 Å². The first-order valence-corrected chi connectivity index (χ1v) is 5.79. The van der Waals surface area contributed by atoms with Crippen molar-refractivity contribution < 1.29 is 0 Å². The lowest BCUT2D eigenvalue weighted by Crippen LogP contribution is -2.43. The minimum atomic E-state index is 0.308. The number of nitrogens with zero attached hydrogens (tertiary/aromatic N) is 1. The van der Waals surface area contributed by atoms with Crippen molar-refractivity contribution in [2.75, 3.05) is 36.4 Å². The van der Waals surface area contributed by atoms with E-state index in [1.165, 1.54) is 0 Å². The highest BCUT2D eigenvalue weighted by atomic mass is 32.1. The van der Waals surface area contributed by atoms with Gasteiger partial charge in [-0.2, -0.15) is 0 Å². The van der Waals surface area contributed by atoms with Crippen LogP contribution in [0.25, 0.3) is 0 Å². The molecule has 1 saturated heterocycles. The number of hydrogen-bond donors (Lipinski definition) is 3. The largest absolute Gasteiger partial charge is 0.376 e. The molecule has 4 N–H and O–H groups in total. The maximum Gasteiger partial charge on any atom is 0.168 e. The summed E-state index contributed by atoms with van der Waals surface area (Å²) in [5.74, 6) is 0. The number of piperazine rings is 1. The minimum Gasteiger partial charge on any atom is -0.376 e. The third-order valence-electron chi connectivity index (χ3n) is 2.62. The predicted octanol–water partition coefficient (Wildman–Crippen LogP) is 0.752. The van der Waals surface area contributed by atoms with Crippen molar-refractivity contribution in [3.05, 3.63) is 24.3 Å². The van der Waals surface area contributed by atoms with Gasteiger partial charge < -0.3 is 21.3 Å². The molecule has 1 aliphatic heterocycles. The Morgan fingerprint density at radius 3 is 2.69 bits per heavy atom. The fourth-order valence-electron chi connectivity index (χ4n) is 1.89. The van der Waals surface area contributed by atoms with E-state index in [4.69, 9.17) is 18.0 Å². The zero-order valence-electron chi connectivity index (χ0n) is 9.07. The Bertz CT molecular complexity index is 374. The highest BCUT2D eigenvalue weighted by molar-refractivity contribution is 7.80. The first-order chi connectivity index (χ1) is 7.77. The molecule has 0 atom stereocenters. The van der Waals surface area contributed by atoms with E-state index < -0.39 is 0 Å². The molecule has 86 valence electrons. The van der Waals surface area contributed by atoms with E-state index >= 15 is 0 Å². The number of benzene rings is 1. The summed E-state index contributed by atoms with van der Waals surface area (Å²) in [5.41, 5.74) is 7.66. The summed E-state index contributed by atoms with van der Waals surface area (Å²) in [7, 11) is 0. The third kappa shape index (κ3) is 2.62. The van der Waals surface area contributed by atoms with Crippen molar-refractivity contribution in [2.24, 2.45) is 5.73 Å². The second-order valence-corrected chi connectivity index (χ2v) is 4.18. The molecule has 0 aromatic heterocycles. The summed E-state index contributed by atoms with van der Waals surface area (Å²) in [4.78, 5) is 2.33. The van der Waals surface area contributed by atoms with Gasteiger partial charge in [-0.3, -0.25) is 0 Å². The van der Waals surface area contributed by atoms with Gasteiger partial charge in [0, 0.05) is 26.2 Å². The van der Waals surface area contributed by atoms with E-state index in [-0.39, 0.29) is 0 Å². The molecule has 1 aromatic carbocycles. The third-order valence-corrected chi connectivity index (χ3v) is 2.72. The van der Waals surface area contributed by atoms with Crippen LogP contribution >= 0.6 is 12.2 Å². The fraction of sp³-hybridized carbons (Fsp3) is 0.364. The molecule has 1 heterocycles. The molecule has 0 bridgehead atoms. The summed E-state index contributed by atoms with van der Waals surface area (Å²) >= 11 is 4.87. The molecule has 0 radical (unpaired) electrons. The number of nitrogens with two attached hydrogens (primary N) is 1. The molecule has 0 amide bonds. The van der Waals surface area contributed by atoms with E-state index in [0.717, 1.165) is 37.6 Å². The van der Waals surface area contributed by atoms with Gasteiger partial charge in [0.2, 0.25) is 0 Å². The maximum atomic E-state index is 5.51. The van der Waals surface area contributed by atoms with E-state index in [1.807, 2.05) is 18.2 Å². The second-order valence-electron chi connectivity index (χ2n) is 3.74. The lowest BCUT2D eigenvalue weighted by Gasteiger charge is -2.31. The number of para-hydroxylation sites is 2. The van der Waals surface area contributed by atoms with Crippen LogP contribution in [0.2, 0.25) is 0 Å². The van der Waals surface area contributed by atoms with Crippen molar-refractivity contribution in [1.82, 2.24) is 5.32 Å². The second kappa shape index (κ2) is 5.14. The smallest absolute Gasteiger partial charge is 0.168 e. The predicted molar refractivity (Wildman–Crippen MR) is 71.9 cm³/mol.